The number of hydrogen-bond donors (Lipinski definition) is 1. The molecule has 0 aliphatic rings. The van der Waals surface area contributed by atoms with Gasteiger partial charge in [-0.2, -0.15) is 0 Å². The van der Waals surface area contributed by atoms with Crippen LogP contribution in [0.5, 0.6) is 0 Å². The van der Waals surface area contributed by atoms with E-state index < -0.39 is 5.91 Å². The van der Waals surface area contributed by atoms with Gasteiger partial charge in [0.2, 0.25) is 5.91 Å². The predicted molar refractivity (Wildman–Crippen MR) is 85.3 cm³/mol. The number of amides is 1. The molecular weight excluding hydrogens is 280 g/mol. The molecule has 0 fully saturated rings. The fraction of sp³-hybridized carbons (Fsp3) is 0.0588. The molecule has 0 bridgehead atoms. The second-order valence-corrected chi connectivity index (χ2v) is 5.67. The lowest BCUT2D eigenvalue weighted by molar-refractivity contribution is 0.1000. The summed E-state index contributed by atoms with van der Waals surface area (Å²) in [6.45, 7) is 0. The van der Waals surface area contributed by atoms with E-state index in [4.69, 9.17) is 5.73 Å². The predicted octanol–water partition coefficient (Wildman–Crippen LogP) is 3.50. The lowest BCUT2D eigenvalue weighted by atomic mass is 10.0. The normalized spacial score (nSPS) is 10.5. The number of thiazole rings is 1. The van der Waals surface area contributed by atoms with Crippen molar-refractivity contribution in [3.05, 3.63) is 76.8 Å². The summed E-state index contributed by atoms with van der Waals surface area (Å²) in [7, 11) is 0. The van der Waals surface area contributed by atoms with E-state index in [1.165, 1.54) is 5.56 Å². The molecule has 1 amide bonds. The molecule has 0 unspecified atom stereocenters. The first-order chi connectivity index (χ1) is 10.2. The third kappa shape index (κ3) is 3.17. The van der Waals surface area contributed by atoms with E-state index >= 15 is 0 Å². The summed E-state index contributed by atoms with van der Waals surface area (Å²) in [6, 6.07) is 15.7. The molecule has 0 saturated carbocycles. The van der Waals surface area contributed by atoms with Gasteiger partial charge in [-0.3, -0.25) is 4.79 Å². The smallest absolute Gasteiger partial charge is 0.248 e. The molecule has 21 heavy (non-hydrogen) atoms. The van der Waals surface area contributed by atoms with Crippen LogP contribution in [0, 0.1) is 0 Å². The Morgan fingerprint density at radius 3 is 2.57 bits per heavy atom. The highest BCUT2D eigenvalue weighted by Crippen LogP contribution is 2.23. The molecule has 104 valence electrons. The van der Waals surface area contributed by atoms with E-state index in [1.807, 2.05) is 35.8 Å². The number of nitrogens with two attached hydrogens (primary N) is 1. The van der Waals surface area contributed by atoms with E-state index in [9.17, 15) is 4.79 Å². The maximum absolute atomic E-state index is 11.2. The van der Waals surface area contributed by atoms with Gasteiger partial charge in [0.1, 0.15) is 5.01 Å². The molecule has 3 aromatic rings. The van der Waals surface area contributed by atoms with Gasteiger partial charge in [0.15, 0.2) is 0 Å². The number of aromatic nitrogens is 1. The third-order valence-electron chi connectivity index (χ3n) is 3.23. The first kappa shape index (κ1) is 13.5. The van der Waals surface area contributed by atoms with Gasteiger partial charge in [-0.25, -0.2) is 4.98 Å². The highest BCUT2D eigenvalue weighted by atomic mass is 32.1. The van der Waals surface area contributed by atoms with Crippen LogP contribution >= 0.6 is 11.3 Å². The van der Waals surface area contributed by atoms with Gasteiger partial charge < -0.3 is 5.73 Å². The van der Waals surface area contributed by atoms with Crippen LogP contribution < -0.4 is 5.73 Å². The first-order valence-corrected chi connectivity index (χ1v) is 7.48. The quantitative estimate of drug-likeness (QED) is 0.800. The number of carbonyl (C=O) groups is 1. The Morgan fingerprint density at radius 2 is 1.86 bits per heavy atom. The Hall–Kier alpha value is -2.46. The number of carbonyl (C=O) groups excluding carboxylic acids is 1. The van der Waals surface area contributed by atoms with Crippen LogP contribution in [0.15, 0.2) is 60.1 Å². The molecule has 3 rings (SSSR count). The van der Waals surface area contributed by atoms with Gasteiger partial charge in [0, 0.05) is 22.7 Å². The van der Waals surface area contributed by atoms with Crippen LogP contribution in [0.3, 0.4) is 0 Å². The average molecular weight is 294 g/mol. The molecule has 0 spiro atoms. The van der Waals surface area contributed by atoms with E-state index in [2.05, 4.69) is 23.2 Å². The minimum absolute atomic E-state index is 0.395. The van der Waals surface area contributed by atoms with Crippen molar-refractivity contribution in [2.75, 3.05) is 0 Å². The summed E-state index contributed by atoms with van der Waals surface area (Å²) in [6.07, 6.45) is 2.57. The monoisotopic (exact) mass is 294 g/mol. The highest BCUT2D eigenvalue weighted by Gasteiger charge is 2.05. The number of primary amides is 1. The van der Waals surface area contributed by atoms with Crippen molar-refractivity contribution in [2.45, 2.75) is 6.42 Å². The van der Waals surface area contributed by atoms with Crippen LogP contribution in [-0.2, 0) is 6.42 Å². The largest absolute Gasteiger partial charge is 0.366 e. The standard InChI is InChI=1S/C17H14N2OS/c18-16(20)14-5-1-3-12(10-14)9-13-4-2-6-15(11-13)17-19-7-8-21-17/h1-8,10-11H,9H2,(H2,18,20). The topological polar surface area (TPSA) is 56.0 Å². The number of benzene rings is 2. The number of rotatable bonds is 4. The molecule has 0 atom stereocenters. The zero-order chi connectivity index (χ0) is 14.7. The van der Waals surface area contributed by atoms with Crippen molar-refractivity contribution in [3.8, 4) is 10.6 Å². The van der Waals surface area contributed by atoms with Crippen molar-refractivity contribution in [1.29, 1.82) is 0 Å². The first-order valence-electron chi connectivity index (χ1n) is 6.60. The molecule has 0 saturated heterocycles. The molecule has 1 heterocycles. The van der Waals surface area contributed by atoms with Gasteiger partial charge in [-0.05, 0) is 35.7 Å². The Bertz CT molecular complexity index is 766. The van der Waals surface area contributed by atoms with E-state index in [0.717, 1.165) is 22.6 Å². The molecule has 0 radical (unpaired) electrons. The van der Waals surface area contributed by atoms with Crippen molar-refractivity contribution < 1.29 is 4.79 Å². The van der Waals surface area contributed by atoms with Gasteiger partial charge in [-0.1, -0.05) is 30.3 Å². The van der Waals surface area contributed by atoms with Crippen LogP contribution in [0.2, 0.25) is 0 Å². The third-order valence-corrected chi connectivity index (χ3v) is 4.05. The molecule has 0 aliphatic heterocycles. The fourth-order valence-electron chi connectivity index (χ4n) is 2.25. The molecular formula is C17H14N2OS. The highest BCUT2D eigenvalue weighted by molar-refractivity contribution is 7.13. The summed E-state index contributed by atoms with van der Waals surface area (Å²) >= 11 is 1.63. The van der Waals surface area contributed by atoms with Gasteiger partial charge in [0.25, 0.3) is 0 Å². The Labute approximate surface area is 127 Å². The zero-order valence-corrected chi connectivity index (χ0v) is 12.1. The molecule has 2 aromatic carbocycles. The summed E-state index contributed by atoms with van der Waals surface area (Å²) in [5.74, 6) is -0.395. The Morgan fingerprint density at radius 1 is 1.10 bits per heavy atom. The van der Waals surface area contributed by atoms with Gasteiger partial charge in [-0.15, -0.1) is 11.3 Å². The van der Waals surface area contributed by atoms with E-state index in [0.29, 0.717) is 5.56 Å². The van der Waals surface area contributed by atoms with Crippen molar-refractivity contribution in [3.63, 3.8) is 0 Å². The van der Waals surface area contributed by atoms with Crippen LogP contribution in [0.4, 0.5) is 0 Å². The molecule has 1 aromatic heterocycles. The van der Waals surface area contributed by atoms with Crippen LogP contribution in [-0.4, -0.2) is 10.9 Å². The molecule has 3 nitrogen and oxygen atoms in total. The Balaban J connectivity index is 1.87. The molecule has 0 aliphatic carbocycles. The summed E-state index contributed by atoms with van der Waals surface area (Å²) in [4.78, 5) is 15.6. The molecule has 2 N–H and O–H groups in total. The second kappa shape index (κ2) is 5.89. The van der Waals surface area contributed by atoms with E-state index in [1.54, 1.807) is 17.4 Å². The summed E-state index contributed by atoms with van der Waals surface area (Å²) < 4.78 is 0. The second-order valence-electron chi connectivity index (χ2n) is 4.78. The van der Waals surface area contributed by atoms with Crippen molar-refractivity contribution >= 4 is 17.2 Å². The zero-order valence-electron chi connectivity index (χ0n) is 11.3. The Kier molecular flexibility index (Phi) is 3.79. The van der Waals surface area contributed by atoms with E-state index in [-0.39, 0.29) is 0 Å². The molecule has 4 heteroatoms. The lowest BCUT2D eigenvalue weighted by Crippen LogP contribution is -2.11. The maximum Gasteiger partial charge on any atom is 0.248 e. The van der Waals surface area contributed by atoms with Crippen LogP contribution in [0.1, 0.15) is 21.5 Å². The minimum Gasteiger partial charge on any atom is -0.366 e. The van der Waals surface area contributed by atoms with Crippen molar-refractivity contribution in [1.82, 2.24) is 4.98 Å². The van der Waals surface area contributed by atoms with Gasteiger partial charge >= 0.3 is 0 Å². The number of hydrogen-bond acceptors (Lipinski definition) is 3. The van der Waals surface area contributed by atoms with Crippen LogP contribution in [0.25, 0.3) is 10.6 Å². The fourth-order valence-corrected chi connectivity index (χ4v) is 2.89. The lowest BCUT2D eigenvalue weighted by Gasteiger charge is -2.05. The van der Waals surface area contributed by atoms with Gasteiger partial charge in [0.05, 0.1) is 0 Å². The van der Waals surface area contributed by atoms with Crippen molar-refractivity contribution in [2.24, 2.45) is 5.73 Å². The summed E-state index contributed by atoms with van der Waals surface area (Å²) in [5, 5.41) is 2.99. The number of nitrogens with zero attached hydrogens (tertiary/aromatic N) is 1. The maximum atomic E-state index is 11.2. The SMILES string of the molecule is NC(=O)c1cccc(Cc2cccc(-c3nccs3)c2)c1. The minimum atomic E-state index is -0.395. The average Bonchev–Trinajstić information content (AvgIpc) is 3.02. The summed E-state index contributed by atoms with van der Waals surface area (Å²) in [5.41, 5.74) is 9.24.